The zero-order chi connectivity index (χ0) is 13.0. The molecule has 100 valence electrons. The van der Waals surface area contributed by atoms with E-state index in [4.69, 9.17) is 15.2 Å². The predicted octanol–water partition coefficient (Wildman–Crippen LogP) is 2.14. The molecule has 1 heterocycles. The van der Waals surface area contributed by atoms with E-state index in [0.717, 1.165) is 36.8 Å². The summed E-state index contributed by atoms with van der Waals surface area (Å²) in [5.41, 5.74) is 7.98. The van der Waals surface area contributed by atoms with Gasteiger partial charge in [0.05, 0.1) is 18.5 Å². The standard InChI is InChI=1S/C14H22N2O2/c1-17-10-11-5-7-16(8-6-11)14-4-3-12(18-2)9-13(14)15/h3-4,9,11H,5-8,10,15H2,1-2H3. The molecule has 1 fully saturated rings. The topological polar surface area (TPSA) is 47.7 Å². The number of ether oxygens (including phenoxy) is 2. The van der Waals surface area contributed by atoms with Gasteiger partial charge in [-0.15, -0.1) is 0 Å². The maximum atomic E-state index is 6.07. The molecule has 1 aromatic carbocycles. The SMILES string of the molecule is COCC1CCN(c2ccc(OC)cc2N)CC1. The summed E-state index contributed by atoms with van der Waals surface area (Å²) >= 11 is 0. The summed E-state index contributed by atoms with van der Waals surface area (Å²) in [5.74, 6) is 1.50. The van der Waals surface area contributed by atoms with Crippen molar-refractivity contribution in [3.8, 4) is 5.75 Å². The van der Waals surface area contributed by atoms with Crippen LogP contribution in [0.3, 0.4) is 0 Å². The molecule has 1 aliphatic heterocycles. The van der Waals surface area contributed by atoms with Gasteiger partial charge in [-0.05, 0) is 30.9 Å². The van der Waals surface area contributed by atoms with Gasteiger partial charge in [-0.2, -0.15) is 0 Å². The normalized spacial score (nSPS) is 16.9. The number of nitrogen functional groups attached to an aromatic ring is 1. The molecule has 2 rings (SSSR count). The fraction of sp³-hybridized carbons (Fsp3) is 0.571. The lowest BCUT2D eigenvalue weighted by Crippen LogP contribution is -2.35. The molecule has 0 atom stereocenters. The molecule has 0 aromatic heterocycles. The van der Waals surface area contributed by atoms with Gasteiger partial charge in [0.1, 0.15) is 5.75 Å². The van der Waals surface area contributed by atoms with Crippen molar-refractivity contribution in [1.29, 1.82) is 0 Å². The molecule has 0 radical (unpaired) electrons. The van der Waals surface area contributed by atoms with Crippen molar-refractivity contribution in [2.45, 2.75) is 12.8 Å². The summed E-state index contributed by atoms with van der Waals surface area (Å²) in [6.07, 6.45) is 2.33. The second kappa shape index (κ2) is 5.96. The second-order valence-corrected chi connectivity index (χ2v) is 4.81. The van der Waals surface area contributed by atoms with Crippen LogP contribution < -0.4 is 15.4 Å². The van der Waals surface area contributed by atoms with Crippen molar-refractivity contribution >= 4 is 11.4 Å². The third-order valence-electron chi connectivity index (χ3n) is 3.59. The number of hydrogen-bond acceptors (Lipinski definition) is 4. The Morgan fingerprint density at radius 1 is 1.28 bits per heavy atom. The number of hydrogen-bond donors (Lipinski definition) is 1. The molecule has 0 amide bonds. The zero-order valence-electron chi connectivity index (χ0n) is 11.2. The fourth-order valence-corrected chi connectivity index (χ4v) is 2.52. The first kappa shape index (κ1) is 13.0. The summed E-state index contributed by atoms with van der Waals surface area (Å²) in [6, 6.07) is 5.90. The van der Waals surface area contributed by atoms with Gasteiger partial charge in [-0.3, -0.25) is 0 Å². The van der Waals surface area contributed by atoms with Crippen molar-refractivity contribution in [2.75, 3.05) is 44.5 Å². The number of rotatable bonds is 4. The Bertz CT molecular complexity index is 387. The molecule has 1 aromatic rings. The minimum Gasteiger partial charge on any atom is -0.497 e. The Balaban J connectivity index is 2.01. The molecule has 0 aliphatic carbocycles. The van der Waals surface area contributed by atoms with Gasteiger partial charge in [0.25, 0.3) is 0 Å². The monoisotopic (exact) mass is 250 g/mol. The smallest absolute Gasteiger partial charge is 0.121 e. The van der Waals surface area contributed by atoms with Crippen molar-refractivity contribution in [2.24, 2.45) is 5.92 Å². The van der Waals surface area contributed by atoms with Crippen LogP contribution in [0.25, 0.3) is 0 Å². The predicted molar refractivity (Wildman–Crippen MR) is 74.2 cm³/mol. The highest BCUT2D eigenvalue weighted by molar-refractivity contribution is 5.69. The number of anilines is 2. The molecular weight excluding hydrogens is 228 g/mol. The van der Waals surface area contributed by atoms with Crippen LogP contribution in [0.5, 0.6) is 5.75 Å². The number of benzene rings is 1. The average Bonchev–Trinajstić information content (AvgIpc) is 2.40. The van der Waals surface area contributed by atoms with E-state index >= 15 is 0 Å². The van der Waals surface area contributed by atoms with Crippen LogP contribution in [0.15, 0.2) is 18.2 Å². The highest BCUT2D eigenvalue weighted by atomic mass is 16.5. The van der Waals surface area contributed by atoms with Crippen molar-refractivity contribution in [3.63, 3.8) is 0 Å². The molecule has 18 heavy (non-hydrogen) atoms. The third kappa shape index (κ3) is 2.88. The Morgan fingerprint density at radius 3 is 2.56 bits per heavy atom. The van der Waals surface area contributed by atoms with E-state index in [9.17, 15) is 0 Å². The lowest BCUT2D eigenvalue weighted by Gasteiger charge is -2.34. The van der Waals surface area contributed by atoms with Crippen LogP contribution in [-0.4, -0.2) is 33.9 Å². The average molecular weight is 250 g/mol. The van der Waals surface area contributed by atoms with E-state index < -0.39 is 0 Å². The van der Waals surface area contributed by atoms with Crippen LogP contribution >= 0.6 is 0 Å². The third-order valence-corrected chi connectivity index (χ3v) is 3.59. The molecule has 1 saturated heterocycles. The van der Waals surface area contributed by atoms with E-state index in [-0.39, 0.29) is 0 Å². The quantitative estimate of drug-likeness (QED) is 0.832. The van der Waals surface area contributed by atoms with Gasteiger partial charge >= 0.3 is 0 Å². The van der Waals surface area contributed by atoms with Gasteiger partial charge in [0, 0.05) is 32.9 Å². The van der Waals surface area contributed by atoms with Crippen LogP contribution in [0.4, 0.5) is 11.4 Å². The van der Waals surface area contributed by atoms with E-state index in [1.54, 1.807) is 14.2 Å². The summed E-state index contributed by atoms with van der Waals surface area (Å²) in [7, 11) is 3.43. The van der Waals surface area contributed by atoms with E-state index in [1.165, 1.54) is 12.8 Å². The van der Waals surface area contributed by atoms with Crippen LogP contribution in [-0.2, 0) is 4.74 Å². The van der Waals surface area contributed by atoms with Gasteiger partial charge in [-0.1, -0.05) is 0 Å². The lowest BCUT2D eigenvalue weighted by atomic mass is 9.97. The number of piperidine rings is 1. The molecule has 0 spiro atoms. The Hall–Kier alpha value is -1.42. The molecule has 0 saturated carbocycles. The van der Waals surface area contributed by atoms with Crippen molar-refractivity contribution < 1.29 is 9.47 Å². The second-order valence-electron chi connectivity index (χ2n) is 4.81. The lowest BCUT2D eigenvalue weighted by molar-refractivity contribution is 0.139. The molecule has 0 unspecified atom stereocenters. The van der Waals surface area contributed by atoms with Crippen LogP contribution in [0.2, 0.25) is 0 Å². The summed E-state index contributed by atoms with van der Waals surface area (Å²) in [5, 5.41) is 0. The van der Waals surface area contributed by atoms with Crippen molar-refractivity contribution in [3.05, 3.63) is 18.2 Å². The molecule has 4 heteroatoms. The molecule has 2 N–H and O–H groups in total. The summed E-state index contributed by atoms with van der Waals surface area (Å²) < 4.78 is 10.4. The van der Waals surface area contributed by atoms with Crippen LogP contribution in [0.1, 0.15) is 12.8 Å². The minimum atomic E-state index is 0.686. The van der Waals surface area contributed by atoms with Crippen LogP contribution in [0, 0.1) is 5.92 Å². The van der Waals surface area contributed by atoms with E-state index in [2.05, 4.69) is 4.90 Å². The number of nitrogens with two attached hydrogens (primary N) is 1. The molecular formula is C14H22N2O2. The maximum Gasteiger partial charge on any atom is 0.121 e. The zero-order valence-corrected chi connectivity index (χ0v) is 11.2. The van der Waals surface area contributed by atoms with Gasteiger partial charge in [-0.25, -0.2) is 0 Å². The maximum absolute atomic E-state index is 6.07. The fourth-order valence-electron chi connectivity index (χ4n) is 2.52. The minimum absolute atomic E-state index is 0.686. The Morgan fingerprint density at radius 2 is 2.00 bits per heavy atom. The highest BCUT2D eigenvalue weighted by Gasteiger charge is 2.20. The summed E-state index contributed by atoms with van der Waals surface area (Å²) in [4.78, 5) is 2.35. The first-order valence-electron chi connectivity index (χ1n) is 6.42. The largest absolute Gasteiger partial charge is 0.497 e. The highest BCUT2D eigenvalue weighted by Crippen LogP contribution is 2.30. The van der Waals surface area contributed by atoms with Crippen molar-refractivity contribution in [1.82, 2.24) is 0 Å². The Labute approximate surface area is 109 Å². The van der Waals surface area contributed by atoms with E-state index in [0.29, 0.717) is 5.92 Å². The molecule has 0 bridgehead atoms. The molecule has 4 nitrogen and oxygen atoms in total. The van der Waals surface area contributed by atoms with Gasteiger partial charge in [0.15, 0.2) is 0 Å². The molecule has 1 aliphatic rings. The first-order chi connectivity index (χ1) is 8.74. The first-order valence-corrected chi connectivity index (χ1v) is 6.42. The van der Waals surface area contributed by atoms with Gasteiger partial charge in [0.2, 0.25) is 0 Å². The Kier molecular flexibility index (Phi) is 4.31. The van der Waals surface area contributed by atoms with E-state index in [1.807, 2.05) is 18.2 Å². The van der Waals surface area contributed by atoms with Gasteiger partial charge < -0.3 is 20.1 Å². The number of methoxy groups -OCH3 is 2. The summed E-state index contributed by atoms with van der Waals surface area (Å²) in [6.45, 7) is 2.96. The number of nitrogens with zero attached hydrogens (tertiary/aromatic N) is 1.